The van der Waals surface area contributed by atoms with Crippen molar-refractivity contribution in [3.05, 3.63) is 84.8 Å². The molecule has 2 aromatic carbocycles. The molecule has 4 aromatic rings. The van der Waals surface area contributed by atoms with Crippen molar-refractivity contribution < 1.29 is 13.9 Å². The van der Waals surface area contributed by atoms with Crippen molar-refractivity contribution in [3.63, 3.8) is 0 Å². The fourth-order valence-corrected chi connectivity index (χ4v) is 2.43. The molecule has 0 saturated heterocycles. The van der Waals surface area contributed by atoms with Crippen LogP contribution < -0.4 is 10.1 Å². The first kappa shape index (κ1) is 17.3. The highest BCUT2D eigenvalue weighted by molar-refractivity contribution is 6.02. The second-order valence-corrected chi connectivity index (χ2v) is 5.73. The highest BCUT2D eigenvalue weighted by atomic mass is 16.5. The Hall–Kier alpha value is -4.07. The molecule has 0 aliphatic rings. The monoisotopic (exact) mass is 373 g/mol. The number of rotatable bonds is 6. The third-order valence-electron chi connectivity index (χ3n) is 3.74. The molecule has 0 unspecified atom stereocenters. The Kier molecular flexibility index (Phi) is 5.01. The molecule has 0 radical (unpaired) electrons. The van der Waals surface area contributed by atoms with Crippen molar-refractivity contribution in [2.24, 2.45) is 0 Å². The molecular weight excluding hydrogens is 358 g/mol. The van der Waals surface area contributed by atoms with Gasteiger partial charge in [0.2, 0.25) is 5.89 Å². The van der Waals surface area contributed by atoms with Crippen molar-refractivity contribution >= 4 is 11.6 Å². The van der Waals surface area contributed by atoms with Gasteiger partial charge < -0.3 is 14.5 Å². The van der Waals surface area contributed by atoms with E-state index in [2.05, 4.69) is 25.5 Å². The number of hydrogen-bond donors (Lipinski definition) is 1. The van der Waals surface area contributed by atoms with Gasteiger partial charge in [-0.1, -0.05) is 24.3 Å². The first-order valence-electron chi connectivity index (χ1n) is 8.46. The van der Waals surface area contributed by atoms with Crippen LogP contribution >= 0.6 is 0 Å². The first-order chi connectivity index (χ1) is 13.8. The third kappa shape index (κ3) is 4.18. The standard InChI is InChI=1S/C20H15N5O3/c26-19(17-12-21-9-10-22-17)23-15-7-4-8-16(11-15)27-13-18-24-25-20(28-18)14-5-2-1-3-6-14/h1-12H,13H2,(H,23,26). The van der Waals surface area contributed by atoms with E-state index in [0.717, 1.165) is 5.56 Å². The highest BCUT2D eigenvalue weighted by Gasteiger charge is 2.10. The van der Waals surface area contributed by atoms with Crippen LogP contribution in [-0.4, -0.2) is 26.1 Å². The summed E-state index contributed by atoms with van der Waals surface area (Å²) in [5.74, 6) is 0.989. The fourth-order valence-electron chi connectivity index (χ4n) is 2.43. The predicted molar refractivity (Wildman–Crippen MR) is 100 cm³/mol. The van der Waals surface area contributed by atoms with E-state index >= 15 is 0 Å². The number of amides is 1. The second kappa shape index (κ2) is 8.09. The smallest absolute Gasteiger partial charge is 0.275 e. The van der Waals surface area contributed by atoms with E-state index in [1.807, 2.05) is 30.3 Å². The van der Waals surface area contributed by atoms with E-state index in [-0.39, 0.29) is 18.2 Å². The maximum Gasteiger partial charge on any atom is 0.275 e. The van der Waals surface area contributed by atoms with Gasteiger partial charge in [-0.2, -0.15) is 0 Å². The maximum atomic E-state index is 12.2. The van der Waals surface area contributed by atoms with Crippen molar-refractivity contribution in [2.45, 2.75) is 6.61 Å². The van der Waals surface area contributed by atoms with Crippen LogP contribution in [0.25, 0.3) is 11.5 Å². The van der Waals surface area contributed by atoms with Crippen LogP contribution in [0, 0.1) is 0 Å². The molecule has 1 N–H and O–H groups in total. The fraction of sp³-hybridized carbons (Fsp3) is 0.0500. The Morgan fingerprint density at radius 3 is 2.75 bits per heavy atom. The number of carbonyl (C=O) groups excluding carboxylic acids is 1. The van der Waals surface area contributed by atoms with Gasteiger partial charge in [0.25, 0.3) is 11.8 Å². The number of benzene rings is 2. The van der Waals surface area contributed by atoms with Crippen molar-refractivity contribution in [1.29, 1.82) is 0 Å². The summed E-state index contributed by atoms with van der Waals surface area (Å²) in [7, 11) is 0. The molecule has 0 saturated carbocycles. The average Bonchev–Trinajstić information content (AvgIpc) is 3.23. The van der Waals surface area contributed by atoms with E-state index < -0.39 is 0 Å². The summed E-state index contributed by atoms with van der Waals surface area (Å²) in [6.45, 7) is 0.112. The van der Waals surface area contributed by atoms with Gasteiger partial charge in [-0.15, -0.1) is 10.2 Å². The summed E-state index contributed by atoms with van der Waals surface area (Å²) < 4.78 is 11.3. The number of aromatic nitrogens is 4. The van der Waals surface area contributed by atoms with Gasteiger partial charge >= 0.3 is 0 Å². The van der Waals surface area contributed by atoms with Crippen LogP contribution in [0.3, 0.4) is 0 Å². The predicted octanol–water partition coefficient (Wildman–Crippen LogP) is 3.36. The molecule has 8 nitrogen and oxygen atoms in total. The second-order valence-electron chi connectivity index (χ2n) is 5.73. The minimum absolute atomic E-state index is 0.112. The van der Waals surface area contributed by atoms with Crippen LogP contribution in [0.4, 0.5) is 5.69 Å². The molecule has 2 heterocycles. The SMILES string of the molecule is O=C(Nc1cccc(OCc2nnc(-c3ccccc3)o2)c1)c1cnccn1. The Morgan fingerprint density at radius 2 is 1.93 bits per heavy atom. The number of carbonyl (C=O) groups is 1. The normalized spacial score (nSPS) is 10.4. The van der Waals surface area contributed by atoms with Crippen LogP contribution in [-0.2, 0) is 6.61 Å². The van der Waals surface area contributed by atoms with E-state index in [0.29, 0.717) is 23.2 Å². The van der Waals surface area contributed by atoms with E-state index in [9.17, 15) is 4.79 Å². The summed E-state index contributed by atoms with van der Waals surface area (Å²) in [6, 6.07) is 16.5. The van der Waals surface area contributed by atoms with Crippen LogP contribution in [0.15, 0.2) is 77.6 Å². The lowest BCUT2D eigenvalue weighted by molar-refractivity contribution is 0.102. The van der Waals surface area contributed by atoms with Crippen LogP contribution in [0.5, 0.6) is 5.75 Å². The van der Waals surface area contributed by atoms with Crippen molar-refractivity contribution in [2.75, 3.05) is 5.32 Å². The highest BCUT2D eigenvalue weighted by Crippen LogP contribution is 2.21. The number of nitrogens with zero attached hydrogens (tertiary/aromatic N) is 4. The largest absolute Gasteiger partial charge is 0.484 e. The quantitative estimate of drug-likeness (QED) is 0.553. The maximum absolute atomic E-state index is 12.2. The number of anilines is 1. The zero-order chi connectivity index (χ0) is 19.2. The summed E-state index contributed by atoms with van der Waals surface area (Å²) in [5, 5.41) is 10.8. The molecule has 0 aliphatic carbocycles. The number of nitrogens with one attached hydrogen (secondary N) is 1. The van der Waals surface area contributed by atoms with Crippen LogP contribution in [0.1, 0.15) is 16.4 Å². The molecule has 0 aliphatic heterocycles. The molecule has 138 valence electrons. The van der Waals surface area contributed by atoms with Gasteiger partial charge in [0.05, 0.1) is 6.20 Å². The summed E-state index contributed by atoms with van der Waals surface area (Å²) in [5.41, 5.74) is 1.65. The Bertz CT molecular complexity index is 1070. The summed E-state index contributed by atoms with van der Waals surface area (Å²) in [4.78, 5) is 20.0. The molecule has 2 aromatic heterocycles. The van der Waals surface area contributed by atoms with Gasteiger partial charge in [0, 0.05) is 29.7 Å². The summed E-state index contributed by atoms with van der Waals surface area (Å²) in [6.07, 6.45) is 4.37. The zero-order valence-electron chi connectivity index (χ0n) is 14.6. The lowest BCUT2D eigenvalue weighted by Crippen LogP contribution is -2.13. The Balaban J connectivity index is 1.39. The molecule has 28 heavy (non-hydrogen) atoms. The summed E-state index contributed by atoms with van der Waals surface area (Å²) >= 11 is 0. The molecule has 0 fully saturated rings. The van der Waals surface area contributed by atoms with Gasteiger partial charge in [0.1, 0.15) is 11.4 Å². The van der Waals surface area contributed by atoms with E-state index in [1.165, 1.54) is 18.6 Å². The lowest BCUT2D eigenvalue weighted by atomic mass is 10.2. The average molecular weight is 373 g/mol. The first-order valence-corrected chi connectivity index (χ1v) is 8.46. The molecular formula is C20H15N5O3. The van der Waals surface area contributed by atoms with E-state index in [1.54, 1.807) is 24.3 Å². The van der Waals surface area contributed by atoms with Gasteiger partial charge in [-0.05, 0) is 24.3 Å². The van der Waals surface area contributed by atoms with Gasteiger partial charge in [-0.3, -0.25) is 9.78 Å². The van der Waals surface area contributed by atoms with Gasteiger partial charge in [-0.25, -0.2) is 4.98 Å². The molecule has 1 amide bonds. The van der Waals surface area contributed by atoms with Crippen molar-refractivity contribution in [1.82, 2.24) is 20.2 Å². The lowest BCUT2D eigenvalue weighted by Gasteiger charge is -2.07. The Labute approximate surface area is 160 Å². The minimum atomic E-state index is -0.352. The number of hydrogen-bond acceptors (Lipinski definition) is 7. The van der Waals surface area contributed by atoms with E-state index in [4.69, 9.17) is 9.15 Å². The van der Waals surface area contributed by atoms with Crippen molar-refractivity contribution in [3.8, 4) is 17.2 Å². The van der Waals surface area contributed by atoms with Gasteiger partial charge in [0.15, 0.2) is 6.61 Å². The third-order valence-corrected chi connectivity index (χ3v) is 3.74. The Morgan fingerprint density at radius 1 is 1.04 bits per heavy atom. The molecule has 0 atom stereocenters. The van der Waals surface area contributed by atoms with Crippen LogP contribution in [0.2, 0.25) is 0 Å². The molecule has 0 spiro atoms. The molecule has 4 rings (SSSR count). The topological polar surface area (TPSA) is 103 Å². The zero-order valence-corrected chi connectivity index (χ0v) is 14.6. The molecule has 0 bridgehead atoms. The minimum Gasteiger partial charge on any atom is -0.484 e. The molecule has 8 heteroatoms. The number of ether oxygens (including phenoxy) is 1.